The van der Waals surface area contributed by atoms with Gasteiger partial charge in [-0.1, -0.05) is 0 Å². The molecule has 1 aliphatic rings. The van der Waals surface area contributed by atoms with Crippen LogP contribution in [0.4, 0.5) is 0 Å². The first-order chi connectivity index (χ1) is 10.2. The first-order valence-electron chi connectivity index (χ1n) is 8.37. The van der Waals surface area contributed by atoms with E-state index in [9.17, 15) is 0 Å². The van der Waals surface area contributed by atoms with Crippen molar-refractivity contribution >= 4 is 5.96 Å². The molecule has 124 valence electrons. The fourth-order valence-corrected chi connectivity index (χ4v) is 2.70. The van der Waals surface area contributed by atoms with E-state index in [0.29, 0.717) is 12.1 Å². The Hall–Kier alpha value is -0.810. The second-order valence-electron chi connectivity index (χ2n) is 6.10. The van der Waals surface area contributed by atoms with Gasteiger partial charge < -0.3 is 20.3 Å². The number of likely N-dealkylation sites (tertiary alicyclic amines) is 1. The highest BCUT2D eigenvalue weighted by molar-refractivity contribution is 5.79. The normalized spacial score (nSPS) is 18.2. The molecular weight excluding hydrogens is 264 g/mol. The number of methoxy groups -OCH3 is 1. The highest BCUT2D eigenvalue weighted by atomic mass is 16.5. The lowest BCUT2D eigenvalue weighted by molar-refractivity contribution is 0.167. The first-order valence-corrected chi connectivity index (χ1v) is 8.37. The third-order valence-electron chi connectivity index (χ3n) is 4.14. The molecule has 5 nitrogen and oxygen atoms in total. The van der Waals surface area contributed by atoms with Gasteiger partial charge in [0.1, 0.15) is 0 Å². The largest absolute Gasteiger partial charge is 0.385 e. The van der Waals surface area contributed by atoms with Crippen molar-refractivity contribution < 1.29 is 4.74 Å². The quantitative estimate of drug-likeness (QED) is 0.408. The van der Waals surface area contributed by atoms with Crippen molar-refractivity contribution in [2.24, 2.45) is 4.99 Å². The SMILES string of the molecule is CN=C(NCCCCCOC)NC1CCN(C(C)C)CC1. The summed E-state index contributed by atoms with van der Waals surface area (Å²) in [5, 5.41) is 6.97. The standard InChI is InChI=1S/C16H34N4O/c1-14(2)20-11-8-15(9-12-20)19-16(17-3)18-10-6-5-7-13-21-4/h14-15H,5-13H2,1-4H3,(H2,17,18,19). The second-order valence-corrected chi connectivity index (χ2v) is 6.10. The predicted octanol–water partition coefficient (Wildman–Crippen LogP) is 1.84. The van der Waals surface area contributed by atoms with Crippen LogP contribution in [0.1, 0.15) is 46.0 Å². The summed E-state index contributed by atoms with van der Waals surface area (Å²) in [5.41, 5.74) is 0. The van der Waals surface area contributed by atoms with Gasteiger partial charge in [0.2, 0.25) is 0 Å². The minimum atomic E-state index is 0.555. The van der Waals surface area contributed by atoms with E-state index in [1.807, 2.05) is 7.05 Å². The minimum absolute atomic E-state index is 0.555. The molecule has 1 fully saturated rings. The van der Waals surface area contributed by atoms with Gasteiger partial charge in [-0.2, -0.15) is 0 Å². The lowest BCUT2D eigenvalue weighted by Crippen LogP contribution is -2.49. The van der Waals surface area contributed by atoms with Crippen LogP contribution in [0.5, 0.6) is 0 Å². The smallest absolute Gasteiger partial charge is 0.191 e. The number of guanidine groups is 1. The van der Waals surface area contributed by atoms with Crippen molar-refractivity contribution in [2.45, 2.75) is 58.0 Å². The van der Waals surface area contributed by atoms with Crippen molar-refractivity contribution in [1.29, 1.82) is 0 Å². The van der Waals surface area contributed by atoms with Gasteiger partial charge in [-0.05, 0) is 46.0 Å². The summed E-state index contributed by atoms with van der Waals surface area (Å²) >= 11 is 0. The number of rotatable bonds is 8. The van der Waals surface area contributed by atoms with Gasteiger partial charge in [0.05, 0.1) is 0 Å². The maximum atomic E-state index is 5.06. The number of aliphatic imine (C=N–C) groups is 1. The van der Waals surface area contributed by atoms with Gasteiger partial charge in [0.15, 0.2) is 5.96 Å². The van der Waals surface area contributed by atoms with E-state index in [1.54, 1.807) is 7.11 Å². The highest BCUT2D eigenvalue weighted by Crippen LogP contribution is 2.12. The third-order valence-corrected chi connectivity index (χ3v) is 4.14. The van der Waals surface area contributed by atoms with Gasteiger partial charge in [-0.3, -0.25) is 4.99 Å². The number of hydrogen-bond acceptors (Lipinski definition) is 3. The molecule has 0 atom stereocenters. The Kier molecular flexibility index (Phi) is 9.42. The minimum Gasteiger partial charge on any atom is -0.385 e. The number of nitrogens with one attached hydrogen (secondary N) is 2. The van der Waals surface area contributed by atoms with Crippen LogP contribution in [0.2, 0.25) is 0 Å². The van der Waals surface area contributed by atoms with Crippen LogP contribution in [-0.2, 0) is 4.74 Å². The Labute approximate surface area is 130 Å². The molecule has 0 bridgehead atoms. The molecule has 2 N–H and O–H groups in total. The van der Waals surface area contributed by atoms with Crippen LogP contribution < -0.4 is 10.6 Å². The maximum Gasteiger partial charge on any atom is 0.191 e. The molecule has 1 heterocycles. The molecule has 0 unspecified atom stereocenters. The molecule has 1 aliphatic heterocycles. The van der Waals surface area contributed by atoms with Crippen LogP contribution in [-0.4, -0.2) is 63.3 Å². The van der Waals surface area contributed by atoms with Gasteiger partial charge in [-0.15, -0.1) is 0 Å². The number of ether oxygens (including phenoxy) is 1. The van der Waals surface area contributed by atoms with E-state index < -0.39 is 0 Å². The van der Waals surface area contributed by atoms with E-state index in [-0.39, 0.29) is 0 Å². The zero-order valence-electron chi connectivity index (χ0n) is 14.3. The van der Waals surface area contributed by atoms with Gasteiger partial charge in [0, 0.05) is 52.5 Å². The molecule has 0 aliphatic carbocycles. The van der Waals surface area contributed by atoms with Crippen molar-refractivity contribution in [3.8, 4) is 0 Å². The molecule has 0 aromatic heterocycles. The number of piperidine rings is 1. The van der Waals surface area contributed by atoms with Crippen molar-refractivity contribution in [3.05, 3.63) is 0 Å². The summed E-state index contributed by atoms with van der Waals surface area (Å²) in [5.74, 6) is 0.949. The molecule has 0 aromatic carbocycles. The average molecular weight is 298 g/mol. The molecule has 0 saturated carbocycles. The Morgan fingerprint density at radius 2 is 1.95 bits per heavy atom. The van der Waals surface area contributed by atoms with Crippen molar-refractivity contribution in [3.63, 3.8) is 0 Å². The monoisotopic (exact) mass is 298 g/mol. The second kappa shape index (κ2) is 10.9. The number of nitrogens with zero attached hydrogens (tertiary/aromatic N) is 2. The summed E-state index contributed by atoms with van der Waals surface area (Å²) in [6.07, 6.45) is 5.90. The molecule has 1 saturated heterocycles. The first kappa shape index (κ1) is 18.2. The van der Waals surface area contributed by atoms with Crippen LogP contribution >= 0.6 is 0 Å². The highest BCUT2D eigenvalue weighted by Gasteiger charge is 2.21. The lowest BCUT2D eigenvalue weighted by atomic mass is 10.0. The number of unbranched alkanes of at least 4 members (excludes halogenated alkanes) is 2. The fraction of sp³-hybridized carbons (Fsp3) is 0.938. The Balaban J connectivity index is 2.14. The van der Waals surface area contributed by atoms with Crippen molar-refractivity contribution in [2.75, 3.05) is 40.4 Å². The molecule has 21 heavy (non-hydrogen) atoms. The zero-order chi connectivity index (χ0) is 15.5. The summed E-state index contributed by atoms with van der Waals surface area (Å²) in [7, 11) is 3.61. The Morgan fingerprint density at radius 3 is 2.52 bits per heavy atom. The number of hydrogen-bond donors (Lipinski definition) is 2. The molecule has 0 radical (unpaired) electrons. The average Bonchev–Trinajstić information content (AvgIpc) is 2.50. The Morgan fingerprint density at radius 1 is 1.24 bits per heavy atom. The van der Waals surface area contributed by atoms with Crippen LogP contribution in [0, 0.1) is 0 Å². The summed E-state index contributed by atoms with van der Waals surface area (Å²) < 4.78 is 5.06. The summed E-state index contributed by atoms with van der Waals surface area (Å²) in [4.78, 5) is 6.87. The van der Waals surface area contributed by atoms with E-state index in [2.05, 4.69) is 34.4 Å². The van der Waals surface area contributed by atoms with E-state index in [0.717, 1.165) is 32.0 Å². The summed E-state index contributed by atoms with van der Waals surface area (Å²) in [6, 6.07) is 1.22. The van der Waals surface area contributed by atoms with Gasteiger partial charge in [-0.25, -0.2) is 0 Å². The third kappa shape index (κ3) is 7.67. The van der Waals surface area contributed by atoms with Crippen LogP contribution in [0.15, 0.2) is 4.99 Å². The lowest BCUT2D eigenvalue weighted by Gasteiger charge is -2.35. The predicted molar refractivity (Wildman–Crippen MR) is 90.0 cm³/mol. The van der Waals surface area contributed by atoms with Gasteiger partial charge >= 0.3 is 0 Å². The van der Waals surface area contributed by atoms with E-state index in [1.165, 1.54) is 32.4 Å². The molecule has 5 heteroatoms. The zero-order valence-corrected chi connectivity index (χ0v) is 14.3. The fourth-order valence-electron chi connectivity index (χ4n) is 2.70. The van der Waals surface area contributed by atoms with Crippen LogP contribution in [0.25, 0.3) is 0 Å². The molecule has 0 spiro atoms. The summed E-state index contributed by atoms with van der Waals surface area (Å²) in [6.45, 7) is 8.76. The molecule has 0 aromatic rings. The van der Waals surface area contributed by atoms with Crippen molar-refractivity contribution in [1.82, 2.24) is 15.5 Å². The molecular formula is C16H34N4O. The van der Waals surface area contributed by atoms with E-state index in [4.69, 9.17) is 4.74 Å². The maximum absolute atomic E-state index is 5.06. The molecule has 1 rings (SSSR count). The topological polar surface area (TPSA) is 48.9 Å². The van der Waals surface area contributed by atoms with Crippen LogP contribution in [0.3, 0.4) is 0 Å². The molecule has 0 amide bonds. The Bertz CT molecular complexity index is 286. The van der Waals surface area contributed by atoms with Gasteiger partial charge in [0.25, 0.3) is 0 Å². The van der Waals surface area contributed by atoms with E-state index >= 15 is 0 Å².